The highest BCUT2D eigenvalue weighted by atomic mass is 32.1. The molecule has 0 saturated carbocycles. The van der Waals surface area contributed by atoms with Crippen molar-refractivity contribution in [2.75, 3.05) is 20.1 Å². The molecule has 1 aromatic rings. The lowest BCUT2D eigenvalue weighted by molar-refractivity contribution is -0.297. The summed E-state index contributed by atoms with van der Waals surface area (Å²) in [6.07, 6.45) is 5.86. The molecule has 1 aliphatic rings. The molecule has 1 aromatic heterocycles. The van der Waals surface area contributed by atoms with Crippen LogP contribution >= 0.6 is 11.7 Å². The van der Waals surface area contributed by atoms with Gasteiger partial charge in [-0.05, 0) is 25.5 Å². The van der Waals surface area contributed by atoms with Crippen LogP contribution in [0.4, 0.5) is 0 Å². The van der Waals surface area contributed by atoms with Gasteiger partial charge in [0.25, 0.3) is 5.88 Å². The molecule has 0 aromatic carbocycles. The molecule has 118 valence electrons. The molecule has 7 heteroatoms. The van der Waals surface area contributed by atoms with Crippen LogP contribution in [0.5, 0.6) is 5.88 Å². The zero-order chi connectivity index (χ0) is 15.3. The van der Waals surface area contributed by atoms with E-state index in [2.05, 4.69) is 26.6 Å². The minimum atomic E-state index is -2.18. The Bertz CT molecular complexity index is 488. The van der Waals surface area contributed by atoms with Gasteiger partial charge < -0.3 is 19.8 Å². The first-order valence-electron chi connectivity index (χ1n) is 7.36. The van der Waals surface area contributed by atoms with Gasteiger partial charge in [-0.2, -0.15) is 4.37 Å². The highest BCUT2D eigenvalue weighted by Gasteiger charge is 2.29. The zero-order valence-electron chi connectivity index (χ0n) is 12.6. The first-order valence-corrected chi connectivity index (χ1v) is 8.09. The molecule has 0 saturated heterocycles. The van der Waals surface area contributed by atoms with Crippen LogP contribution in [0.25, 0.3) is 5.57 Å². The second-order valence-corrected chi connectivity index (χ2v) is 6.00. The molecule has 2 N–H and O–H groups in total. The third-order valence-electron chi connectivity index (χ3n) is 3.47. The van der Waals surface area contributed by atoms with E-state index in [0.29, 0.717) is 12.1 Å². The first kappa shape index (κ1) is 16.4. The molecular weight excluding hydrogens is 290 g/mol. The number of aromatic nitrogens is 2. The molecule has 0 aliphatic carbocycles. The van der Waals surface area contributed by atoms with E-state index in [4.69, 9.17) is 4.74 Å². The van der Waals surface area contributed by atoms with E-state index in [0.717, 1.165) is 49.7 Å². The van der Waals surface area contributed by atoms with Crippen LogP contribution in [0, 0.1) is 0 Å². The molecule has 1 aliphatic heterocycles. The largest absolute Gasteiger partial charge is 0.418 e. The van der Waals surface area contributed by atoms with Crippen molar-refractivity contribution in [3.8, 4) is 5.88 Å². The summed E-state index contributed by atoms with van der Waals surface area (Å²) in [5.74, 6) is -1.97. The maximum Gasteiger partial charge on any atom is 0.323 e. The molecule has 21 heavy (non-hydrogen) atoms. The Kier molecular flexibility index (Phi) is 5.69. The minimum Gasteiger partial charge on any atom is -0.418 e. The molecule has 0 bridgehead atoms. The molecule has 2 rings (SSSR count). The summed E-state index contributed by atoms with van der Waals surface area (Å²) in [5, 5.41) is 19.9. The third-order valence-corrected chi connectivity index (χ3v) is 3.98. The number of hydrogen-bond donors (Lipinski definition) is 2. The number of aliphatic hydroxyl groups is 2. The summed E-state index contributed by atoms with van der Waals surface area (Å²) in [6, 6.07) is 0. The van der Waals surface area contributed by atoms with E-state index in [9.17, 15) is 10.2 Å². The van der Waals surface area contributed by atoms with Crippen LogP contribution in [0.15, 0.2) is 6.08 Å². The summed E-state index contributed by atoms with van der Waals surface area (Å²) in [6.45, 7) is 3.84. The van der Waals surface area contributed by atoms with Gasteiger partial charge in [-0.15, -0.1) is 4.37 Å². The maximum atomic E-state index is 9.93. The number of unbranched alkanes of at least 4 members (excludes halogenated alkanes) is 2. The summed E-state index contributed by atoms with van der Waals surface area (Å²) in [4.78, 5) is 2.19. The van der Waals surface area contributed by atoms with Gasteiger partial charge in [-0.1, -0.05) is 25.8 Å². The Hall–Kier alpha value is -1.02. The Morgan fingerprint density at radius 2 is 2.19 bits per heavy atom. The van der Waals surface area contributed by atoms with E-state index in [1.807, 2.05) is 7.05 Å². The fraction of sp³-hybridized carbons (Fsp3) is 0.714. The van der Waals surface area contributed by atoms with Gasteiger partial charge in [-0.3, -0.25) is 0 Å². The lowest BCUT2D eigenvalue weighted by Gasteiger charge is -2.24. The second kappa shape index (κ2) is 7.31. The minimum absolute atomic E-state index is 0.163. The Labute approximate surface area is 129 Å². The predicted molar refractivity (Wildman–Crippen MR) is 81.9 cm³/mol. The normalized spacial score (nSPS) is 16.9. The van der Waals surface area contributed by atoms with Crippen molar-refractivity contribution >= 4 is 17.3 Å². The van der Waals surface area contributed by atoms with Gasteiger partial charge in [0.15, 0.2) is 0 Å². The molecular formula is C14H23N3O3S. The highest BCUT2D eigenvalue weighted by Crippen LogP contribution is 2.29. The van der Waals surface area contributed by atoms with E-state index >= 15 is 0 Å². The fourth-order valence-electron chi connectivity index (χ4n) is 2.32. The van der Waals surface area contributed by atoms with Crippen molar-refractivity contribution < 1.29 is 14.9 Å². The predicted octanol–water partition coefficient (Wildman–Crippen LogP) is 1.85. The van der Waals surface area contributed by atoms with E-state index in [1.165, 1.54) is 0 Å². The Balaban J connectivity index is 2.04. The van der Waals surface area contributed by atoms with Gasteiger partial charge in [0.05, 0.1) is 11.7 Å². The average molecular weight is 313 g/mol. The van der Waals surface area contributed by atoms with Crippen molar-refractivity contribution in [1.82, 2.24) is 13.6 Å². The molecule has 0 fully saturated rings. The van der Waals surface area contributed by atoms with Crippen LogP contribution in [0.2, 0.25) is 0 Å². The van der Waals surface area contributed by atoms with Crippen LogP contribution in [-0.4, -0.2) is 50.0 Å². The van der Waals surface area contributed by atoms with Crippen LogP contribution in [0.3, 0.4) is 0 Å². The maximum absolute atomic E-state index is 9.93. The summed E-state index contributed by atoms with van der Waals surface area (Å²) >= 11 is 1.02. The molecule has 6 nitrogen and oxygen atoms in total. The van der Waals surface area contributed by atoms with Crippen molar-refractivity contribution in [2.45, 2.75) is 45.0 Å². The number of rotatable bonds is 7. The summed E-state index contributed by atoms with van der Waals surface area (Å²) < 4.78 is 13.6. The molecule has 0 amide bonds. The monoisotopic (exact) mass is 313 g/mol. The SMILES string of the molecule is CCCCCC(O)(O)Oc1nsnc1C1=CCCN(C)C1. The molecule has 2 heterocycles. The summed E-state index contributed by atoms with van der Waals surface area (Å²) in [5.41, 5.74) is 1.64. The van der Waals surface area contributed by atoms with Crippen molar-refractivity contribution in [3.05, 3.63) is 11.8 Å². The molecule has 0 spiro atoms. The van der Waals surface area contributed by atoms with E-state index in [1.54, 1.807) is 0 Å². The Morgan fingerprint density at radius 1 is 1.38 bits per heavy atom. The third kappa shape index (κ3) is 4.74. The average Bonchev–Trinajstić information content (AvgIpc) is 2.86. The first-order chi connectivity index (χ1) is 10.0. The van der Waals surface area contributed by atoms with Crippen LogP contribution < -0.4 is 4.74 Å². The van der Waals surface area contributed by atoms with E-state index in [-0.39, 0.29) is 12.3 Å². The topological polar surface area (TPSA) is 78.7 Å². The smallest absolute Gasteiger partial charge is 0.323 e. The number of hydrogen-bond acceptors (Lipinski definition) is 7. The molecule has 0 atom stereocenters. The molecule has 0 unspecified atom stereocenters. The standard InChI is InChI=1S/C14H23N3O3S/c1-3-4-5-8-14(18,19)20-13-12(15-21-16-13)11-7-6-9-17(2)10-11/h7,18-19H,3-6,8-10H2,1-2H3. The van der Waals surface area contributed by atoms with E-state index < -0.39 is 5.97 Å². The second-order valence-electron chi connectivity index (χ2n) is 5.48. The number of ether oxygens (including phenoxy) is 1. The van der Waals surface area contributed by atoms with Gasteiger partial charge in [0.2, 0.25) is 0 Å². The van der Waals surface area contributed by atoms with Gasteiger partial charge in [0, 0.05) is 19.5 Å². The van der Waals surface area contributed by atoms with Crippen molar-refractivity contribution in [3.63, 3.8) is 0 Å². The van der Waals surface area contributed by atoms with Crippen molar-refractivity contribution in [2.24, 2.45) is 0 Å². The lowest BCUT2D eigenvalue weighted by atomic mass is 10.1. The Morgan fingerprint density at radius 3 is 2.90 bits per heavy atom. The molecule has 0 radical (unpaired) electrons. The van der Waals surface area contributed by atoms with Gasteiger partial charge in [-0.25, -0.2) is 0 Å². The highest BCUT2D eigenvalue weighted by molar-refractivity contribution is 6.99. The zero-order valence-corrected chi connectivity index (χ0v) is 13.4. The van der Waals surface area contributed by atoms with Gasteiger partial charge in [0.1, 0.15) is 5.69 Å². The van der Waals surface area contributed by atoms with Crippen LogP contribution in [0.1, 0.15) is 44.7 Å². The fourth-order valence-corrected chi connectivity index (χ4v) is 2.84. The number of likely N-dealkylation sites (N-methyl/N-ethyl adjacent to an activating group) is 1. The van der Waals surface area contributed by atoms with Gasteiger partial charge >= 0.3 is 5.97 Å². The van der Waals surface area contributed by atoms with Crippen LogP contribution in [-0.2, 0) is 0 Å². The van der Waals surface area contributed by atoms with Crippen molar-refractivity contribution in [1.29, 1.82) is 0 Å². The number of nitrogens with zero attached hydrogens (tertiary/aromatic N) is 3. The summed E-state index contributed by atoms with van der Waals surface area (Å²) in [7, 11) is 2.04. The lowest BCUT2D eigenvalue weighted by Crippen LogP contribution is -2.36. The quantitative estimate of drug-likeness (QED) is 0.591.